The maximum atomic E-state index is 14.0. The van der Waals surface area contributed by atoms with Crippen molar-refractivity contribution in [2.45, 2.75) is 13.6 Å². The largest absolute Gasteiger partial charge is 0.409 e. The van der Waals surface area contributed by atoms with Crippen molar-refractivity contribution in [3.63, 3.8) is 0 Å². The lowest BCUT2D eigenvalue weighted by atomic mass is 10.1. The summed E-state index contributed by atoms with van der Waals surface area (Å²) in [5, 5.41) is 4.56. The standard InChI is InChI=1S/C20H21FN4OS/c1-15-6-2-3-7-16(15)19-22-25(20(27)26-19)14-23-10-12-24(13-11-23)18-9-5-4-8-17(18)21/h2-9H,10-14H2,1H3. The Hall–Kier alpha value is -2.51. The van der Waals surface area contributed by atoms with Gasteiger partial charge in [-0.1, -0.05) is 30.3 Å². The van der Waals surface area contributed by atoms with Gasteiger partial charge in [-0.25, -0.2) is 9.07 Å². The Bertz CT molecular complexity index is 991. The summed E-state index contributed by atoms with van der Waals surface area (Å²) in [4.78, 5) is 4.69. The molecule has 7 heteroatoms. The third kappa shape index (κ3) is 3.79. The van der Waals surface area contributed by atoms with Gasteiger partial charge in [0.1, 0.15) is 5.82 Å². The van der Waals surface area contributed by atoms with Gasteiger partial charge in [-0.2, -0.15) is 0 Å². The molecule has 2 aromatic carbocycles. The number of piperazine rings is 1. The van der Waals surface area contributed by atoms with Crippen molar-refractivity contribution in [1.82, 2.24) is 14.7 Å². The van der Waals surface area contributed by atoms with Crippen LogP contribution in [0, 0.1) is 17.6 Å². The van der Waals surface area contributed by atoms with E-state index in [1.807, 2.05) is 43.3 Å². The van der Waals surface area contributed by atoms with Gasteiger partial charge in [-0.05, 0) is 42.9 Å². The topological polar surface area (TPSA) is 37.4 Å². The van der Waals surface area contributed by atoms with E-state index in [1.165, 1.54) is 6.07 Å². The Morgan fingerprint density at radius 2 is 1.74 bits per heavy atom. The Kier molecular flexibility index (Phi) is 5.05. The van der Waals surface area contributed by atoms with Crippen LogP contribution < -0.4 is 4.90 Å². The summed E-state index contributed by atoms with van der Waals surface area (Å²) >= 11 is 5.35. The molecule has 0 atom stereocenters. The molecule has 1 saturated heterocycles. The molecule has 0 N–H and O–H groups in total. The van der Waals surface area contributed by atoms with E-state index in [-0.39, 0.29) is 5.82 Å². The zero-order chi connectivity index (χ0) is 18.8. The third-order valence-electron chi connectivity index (χ3n) is 4.88. The van der Waals surface area contributed by atoms with Crippen LogP contribution >= 0.6 is 12.2 Å². The lowest BCUT2D eigenvalue weighted by Crippen LogP contribution is -2.47. The molecule has 0 radical (unpaired) electrons. The number of aromatic nitrogens is 2. The smallest absolute Gasteiger partial charge is 0.288 e. The summed E-state index contributed by atoms with van der Waals surface area (Å²) in [5.41, 5.74) is 2.71. The molecule has 4 rings (SSSR count). The Balaban J connectivity index is 1.43. The first-order valence-electron chi connectivity index (χ1n) is 8.97. The molecule has 27 heavy (non-hydrogen) atoms. The van der Waals surface area contributed by atoms with Crippen LogP contribution in [0.3, 0.4) is 0 Å². The number of halogens is 1. The molecule has 0 saturated carbocycles. The fourth-order valence-electron chi connectivity index (χ4n) is 3.35. The predicted molar refractivity (Wildman–Crippen MR) is 106 cm³/mol. The zero-order valence-electron chi connectivity index (χ0n) is 15.1. The van der Waals surface area contributed by atoms with E-state index in [0.717, 1.165) is 37.3 Å². The van der Waals surface area contributed by atoms with Gasteiger partial charge in [0.15, 0.2) is 0 Å². The molecule has 140 valence electrons. The molecule has 1 aliphatic heterocycles. The SMILES string of the molecule is Cc1ccccc1-c1nn(CN2CCN(c3ccccc3F)CC2)c(=S)o1. The maximum absolute atomic E-state index is 14.0. The average Bonchev–Trinajstić information content (AvgIpc) is 3.03. The van der Waals surface area contributed by atoms with Gasteiger partial charge < -0.3 is 9.32 Å². The van der Waals surface area contributed by atoms with E-state index in [0.29, 0.717) is 23.1 Å². The number of hydrogen-bond donors (Lipinski definition) is 0. The van der Waals surface area contributed by atoms with E-state index in [2.05, 4.69) is 14.9 Å². The Morgan fingerprint density at radius 1 is 1.04 bits per heavy atom. The van der Waals surface area contributed by atoms with Crippen molar-refractivity contribution >= 4 is 17.9 Å². The second-order valence-electron chi connectivity index (χ2n) is 6.69. The highest BCUT2D eigenvalue weighted by Gasteiger charge is 2.20. The second kappa shape index (κ2) is 7.62. The number of nitrogens with zero attached hydrogens (tertiary/aromatic N) is 4. The van der Waals surface area contributed by atoms with Gasteiger partial charge in [0.05, 0.1) is 12.4 Å². The summed E-state index contributed by atoms with van der Waals surface area (Å²) in [6, 6.07) is 14.9. The van der Waals surface area contributed by atoms with Crippen LogP contribution in [0.4, 0.5) is 10.1 Å². The number of aryl methyl sites for hydroxylation is 1. The van der Waals surface area contributed by atoms with Crippen LogP contribution in [-0.2, 0) is 6.67 Å². The van der Waals surface area contributed by atoms with Crippen LogP contribution in [-0.4, -0.2) is 40.9 Å². The fraction of sp³-hybridized carbons (Fsp3) is 0.300. The van der Waals surface area contributed by atoms with Gasteiger partial charge in [-0.3, -0.25) is 4.90 Å². The van der Waals surface area contributed by atoms with Crippen molar-refractivity contribution in [3.05, 3.63) is 64.7 Å². The highest BCUT2D eigenvalue weighted by molar-refractivity contribution is 7.71. The van der Waals surface area contributed by atoms with E-state index in [1.54, 1.807) is 10.7 Å². The first kappa shape index (κ1) is 17.9. The number of hydrogen-bond acceptors (Lipinski definition) is 5. The molecule has 1 aromatic heterocycles. The van der Waals surface area contributed by atoms with Crippen LogP contribution in [0.2, 0.25) is 0 Å². The van der Waals surface area contributed by atoms with Crippen molar-refractivity contribution in [1.29, 1.82) is 0 Å². The highest BCUT2D eigenvalue weighted by atomic mass is 32.1. The number of benzene rings is 2. The average molecular weight is 384 g/mol. The van der Waals surface area contributed by atoms with Crippen LogP contribution in [0.5, 0.6) is 0 Å². The summed E-state index contributed by atoms with van der Waals surface area (Å²) in [5.74, 6) is 0.371. The molecule has 1 aliphatic rings. The molecule has 2 heterocycles. The summed E-state index contributed by atoms with van der Waals surface area (Å²) in [6.07, 6.45) is 0. The van der Waals surface area contributed by atoms with Crippen molar-refractivity contribution in [2.24, 2.45) is 0 Å². The molecule has 0 unspecified atom stereocenters. The lowest BCUT2D eigenvalue weighted by Gasteiger charge is -2.35. The molecule has 0 aliphatic carbocycles. The quantitative estimate of drug-likeness (QED) is 0.633. The molecule has 5 nitrogen and oxygen atoms in total. The Morgan fingerprint density at radius 3 is 2.48 bits per heavy atom. The van der Waals surface area contributed by atoms with Crippen molar-refractivity contribution in [3.8, 4) is 11.5 Å². The van der Waals surface area contributed by atoms with E-state index < -0.39 is 0 Å². The minimum absolute atomic E-state index is 0.174. The molecular formula is C20H21FN4OS. The Labute approximate surface area is 162 Å². The van der Waals surface area contributed by atoms with Crippen molar-refractivity contribution in [2.75, 3.05) is 31.1 Å². The molecule has 0 amide bonds. The lowest BCUT2D eigenvalue weighted by molar-refractivity contribution is 0.192. The van der Waals surface area contributed by atoms with E-state index in [9.17, 15) is 4.39 Å². The normalized spacial score (nSPS) is 15.3. The van der Waals surface area contributed by atoms with Gasteiger partial charge in [0, 0.05) is 31.7 Å². The number of rotatable bonds is 4. The second-order valence-corrected chi connectivity index (χ2v) is 7.03. The summed E-state index contributed by atoms with van der Waals surface area (Å²) in [6.45, 7) is 5.73. The summed E-state index contributed by atoms with van der Waals surface area (Å²) in [7, 11) is 0. The van der Waals surface area contributed by atoms with E-state index >= 15 is 0 Å². The van der Waals surface area contributed by atoms with Gasteiger partial charge in [0.25, 0.3) is 4.84 Å². The first-order valence-corrected chi connectivity index (χ1v) is 9.38. The number of para-hydroxylation sites is 1. The molecule has 0 bridgehead atoms. The van der Waals surface area contributed by atoms with Crippen LogP contribution in [0.25, 0.3) is 11.5 Å². The predicted octanol–water partition coefficient (Wildman–Crippen LogP) is 4.10. The van der Waals surface area contributed by atoms with Crippen molar-refractivity contribution < 1.29 is 8.81 Å². The molecular weight excluding hydrogens is 363 g/mol. The molecule has 0 spiro atoms. The summed E-state index contributed by atoms with van der Waals surface area (Å²) < 4.78 is 21.4. The van der Waals surface area contributed by atoms with Gasteiger partial charge >= 0.3 is 0 Å². The van der Waals surface area contributed by atoms with E-state index in [4.69, 9.17) is 16.6 Å². The monoisotopic (exact) mass is 384 g/mol. The maximum Gasteiger partial charge on any atom is 0.288 e. The van der Waals surface area contributed by atoms with Gasteiger partial charge in [-0.15, -0.1) is 5.10 Å². The third-order valence-corrected chi connectivity index (χ3v) is 5.18. The zero-order valence-corrected chi connectivity index (χ0v) is 16.0. The van der Waals surface area contributed by atoms with Crippen LogP contribution in [0.15, 0.2) is 52.9 Å². The number of anilines is 1. The molecule has 3 aromatic rings. The minimum atomic E-state index is -0.174. The first-order chi connectivity index (χ1) is 13.1. The highest BCUT2D eigenvalue weighted by Crippen LogP contribution is 2.23. The minimum Gasteiger partial charge on any atom is -0.409 e. The molecule has 1 fully saturated rings. The van der Waals surface area contributed by atoms with Gasteiger partial charge in [0.2, 0.25) is 5.89 Å². The fourth-order valence-corrected chi connectivity index (χ4v) is 3.52. The van der Waals surface area contributed by atoms with Crippen LogP contribution in [0.1, 0.15) is 5.56 Å².